The van der Waals surface area contributed by atoms with Gasteiger partial charge in [0, 0.05) is 18.3 Å². The van der Waals surface area contributed by atoms with Crippen LogP contribution in [0.3, 0.4) is 0 Å². The fraction of sp³-hybridized carbons (Fsp3) is 0.300. The minimum Gasteiger partial charge on any atom is -0.279 e. The molecule has 5 nitrogen and oxygen atoms in total. The summed E-state index contributed by atoms with van der Waals surface area (Å²) in [6.07, 6.45) is 1.77. The maximum Gasteiger partial charge on any atom is 0.269 e. The molecule has 0 aliphatic rings. The van der Waals surface area contributed by atoms with Gasteiger partial charge in [0.25, 0.3) is 5.69 Å². The summed E-state index contributed by atoms with van der Waals surface area (Å²) >= 11 is 0. The van der Waals surface area contributed by atoms with Crippen molar-refractivity contribution in [2.45, 2.75) is 13.8 Å². The number of anilines is 1. The Labute approximate surface area is 88.0 Å². The number of benzene rings is 1. The second-order valence-electron chi connectivity index (χ2n) is 3.44. The average Bonchev–Trinajstić information content (AvgIpc) is 2.18. The monoisotopic (exact) mass is 207 g/mol. The van der Waals surface area contributed by atoms with E-state index in [9.17, 15) is 10.1 Å². The third-order valence-electron chi connectivity index (χ3n) is 1.64. The van der Waals surface area contributed by atoms with Crippen molar-refractivity contribution in [1.82, 2.24) is 0 Å². The number of nitrogens with zero attached hydrogens (tertiary/aromatic N) is 2. The SMILES string of the molecule is CC(C)C=NNc1ccc([N+](=O)[O-])cc1. The molecule has 80 valence electrons. The third kappa shape index (κ3) is 3.76. The molecule has 0 radical (unpaired) electrons. The van der Waals surface area contributed by atoms with Gasteiger partial charge < -0.3 is 0 Å². The molecule has 0 spiro atoms. The lowest BCUT2D eigenvalue weighted by Gasteiger charge is -1.99. The first kappa shape index (κ1) is 11.2. The highest BCUT2D eigenvalue weighted by Crippen LogP contribution is 2.15. The van der Waals surface area contributed by atoms with Crippen LogP contribution < -0.4 is 5.43 Å². The molecule has 1 N–H and O–H groups in total. The summed E-state index contributed by atoms with van der Waals surface area (Å²) in [4.78, 5) is 9.94. The van der Waals surface area contributed by atoms with Gasteiger partial charge in [0.15, 0.2) is 0 Å². The Morgan fingerprint density at radius 2 is 2.00 bits per heavy atom. The zero-order valence-electron chi connectivity index (χ0n) is 8.68. The first-order valence-electron chi connectivity index (χ1n) is 4.63. The Hall–Kier alpha value is -1.91. The van der Waals surface area contributed by atoms with Crippen molar-refractivity contribution < 1.29 is 4.92 Å². The molecule has 0 aliphatic heterocycles. The lowest BCUT2D eigenvalue weighted by Crippen LogP contribution is -1.94. The van der Waals surface area contributed by atoms with Crippen molar-refractivity contribution in [3.8, 4) is 0 Å². The van der Waals surface area contributed by atoms with Gasteiger partial charge in [0.1, 0.15) is 0 Å². The quantitative estimate of drug-likeness (QED) is 0.469. The van der Waals surface area contributed by atoms with Crippen molar-refractivity contribution in [2.24, 2.45) is 11.0 Å². The Morgan fingerprint density at radius 1 is 1.40 bits per heavy atom. The van der Waals surface area contributed by atoms with Gasteiger partial charge in [-0.3, -0.25) is 15.5 Å². The van der Waals surface area contributed by atoms with Gasteiger partial charge in [-0.2, -0.15) is 5.10 Å². The summed E-state index contributed by atoms with van der Waals surface area (Å²) in [5, 5.41) is 14.3. The maximum absolute atomic E-state index is 10.4. The molecule has 0 unspecified atom stereocenters. The molecule has 0 amide bonds. The topological polar surface area (TPSA) is 67.5 Å². The molecule has 1 rings (SSSR count). The summed E-state index contributed by atoms with van der Waals surface area (Å²) in [5.41, 5.74) is 3.60. The molecule has 1 aromatic rings. The lowest BCUT2D eigenvalue weighted by atomic mass is 10.3. The van der Waals surface area contributed by atoms with Crippen molar-refractivity contribution in [3.63, 3.8) is 0 Å². The number of hydrogen-bond acceptors (Lipinski definition) is 4. The highest BCUT2D eigenvalue weighted by molar-refractivity contribution is 5.61. The fourth-order valence-electron chi connectivity index (χ4n) is 0.919. The van der Waals surface area contributed by atoms with Crippen molar-refractivity contribution in [3.05, 3.63) is 34.4 Å². The van der Waals surface area contributed by atoms with Crippen LogP contribution in [0.4, 0.5) is 11.4 Å². The van der Waals surface area contributed by atoms with Crippen LogP contribution in [0.2, 0.25) is 0 Å². The van der Waals surface area contributed by atoms with Crippen LogP contribution in [0.1, 0.15) is 13.8 Å². The molecule has 0 saturated heterocycles. The minimum absolute atomic E-state index is 0.0772. The predicted molar refractivity (Wildman–Crippen MR) is 60.0 cm³/mol. The number of hydrazone groups is 1. The van der Waals surface area contributed by atoms with E-state index >= 15 is 0 Å². The average molecular weight is 207 g/mol. The lowest BCUT2D eigenvalue weighted by molar-refractivity contribution is -0.384. The molecule has 0 fully saturated rings. The minimum atomic E-state index is -0.429. The molecule has 0 heterocycles. The number of hydrogen-bond donors (Lipinski definition) is 1. The number of non-ortho nitro benzene ring substituents is 1. The standard InChI is InChI=1S/C10H13N3O2/c1-8(2)7-11-12-9-3-5-10(6-4-9)13(14)15/h3-8,12H,1-2H3. The van der Waals surface area contributed by atoms with Gasteiger partial charge in [-0.1, -0.05) is 13.8 Å². The van der Waals surface area contributed by atoms with E-state index in [0.717, 1.165) is 5.69 Å². The Bertz CT molecular complexity index is 357. The number of nitrogens with one attached hydrogen (secondary N) is 1. The summed E-state index contributed by atoms with van der Waals surface area (Å²) in [7, 11) is 0. The first-order valence-corrected chi connectivity index (χ1v) is 4.63. The van der Waals surface area contributed by atoms with Crippen LogP contribution in [0.5, 0.6) is 0 Å². The second-order valence-corrected chi connectivity index (χ2v) is 3.44. The fourth-order valence-corrected chi connectivity index (χ4v) is 0.919. The molecule has 0 aliphatic carbocycles. The smallest absolute Gasteiger partial charge is 0.269 e. The van der Waals surface area contributed by atoms with E-state index in [0.29, 0.717) is 5.92 Å². The van der Waals surface area contributed by atoms with Crippen molar-refractivity contribution in [2.75, 3.05) is 5.43 Å². The normalized spacial score (nSPS) is 10.9. The van der Waals surface area contributed by atoms with Gasteiger partial charge >= 0.3 is 0 Å². The van der Waals surface area contributed by atoms with Gasteiger partial charge in [0.05, 0.1) is 10.6 Å². The van der Waals surface area contributed by atoms with Crippen LogP contribution in [0.15, 0.2) is 29.4 Å². The molecule has 5 heteroatoms. The maximum atomic E-state index is 10.4. The third-order valence-corrected chi connectivity index (χ3v) is 1.64. The van der Waals surface area contributed by atoms with E-state index in [1.807, 2.05) is 13.8 Å². The van der Waals surface area contributed by atoms with E-state index in [-0.39, 0.29) is 5.69 Å². The highest BCUT2D eigenvalue weighted by Gasteiger charge is 2.02. The molecule has 0 aromatic heterocycles. The number of nitro groups is 1. The number of rotatable bonds is 4. The number of nitro benzene ring substituents is 1. The van der Waals surface area contributed by atoms with Crippen molar-refractivity contribution >= 4 is 17.6 Å². The van der Waals surface area contributed by atoms with Crippen LogP contribution in [-0.2, 0) is 0 Å². The van der Waals surface area contributed by atoms with Gasteiger partial charge in [-0.05, 0) is 18.1 Å². The molecule has 0 atom stereocenters. The molecular weight excluding hydrogens is 194 g/mol. The largest absolute Gasteiger partial charge is 0.279 e. The summed E-state index contributed by atoms with van der Waals surface area (Å²) in [5.74, 6) is 0.371. The Balaban J connectivity index is 2.61. The molecule has 0 saturated carbocycles. The van der Waals surface area contributed by atoms with E-state index in [1.54, 1.807) is 18.3 Å². The van der Waals surface area contributed by atoms with E-state index in [4.69, 9.17) is 0 Å². The van der Waals surface area contributed by atoms with E-state index in [2.05, 4.69) is 10.5 Å². The zero-order valence-corrected chi connectivity index (χ0v) is 8.68. The molecular formula is C10H13N3O2. The molecule has 1 aromatic carbocycles. The van der Waals surface area contributed by atoms with E-state index in [1.165, 1.54) is 12.1 Å². The Kier molecular flexibility index (Phi) is 3.79. The second kappa shape index (κ2) is 5.09. The van der Waals surface area contributed by atoms with Gasteiger partial charge in [0.2, 0.25) is 0 Å². The van der Waals surface area contributed by atoms with Crippen LogP contribution in [-0.4, -0.2) is 11.1 Å². The highest BCUT2D eigenvalue weighted by atomic mass is 16.6. The van der Waals surface area contributed by atoms with Crippen molar-refractivity contribution in [1.29, 1.82) is 0 Å². The summed E-state index contributed by atoms with van der Waals surface area (Å²) < 4.78 is 0. The van der Waals surface area contributed by atoms with E-state index < -0.39 is 4.92 Å². The van der Waals surface area contributed by atoms with Gasteiger partial charge in [-0.15, -0.1) is 0 Å². The first-order chi connectivity index (χ1) is 7.09. The van der Waals surface area contributed by atoms with Gasteiger partial charge in [-0.25, -0.2) is 0 Å². The Morgan fingerprint density at radius 3 is 2.47 bits per heavy atom. The van der Waals surface area contributed by atoms with Crippen LogP contribution >= 0.6 is 0 Å². The van der Waals surface area contributed by atoms with Crippen LogP contribution in [0, 0.1) is 16.0 Å². The molecule has 0 bridgehead atoms. The predicted octanol–water partition coefficient (Wildman–Crippen LogP) is 2.65. The molecule has 15 heavy (non-hydrogen) atoms. The zero-order chi connectivity index (χ0) is 11.3. The summed E-state index contributed by atoms with van der Waals surface area (Å²) in [6.45, 7) is 4.03. The van der Waals surface area contributed by atoms with Crippen LogP contribution in [0.25, 0.3) is 0 Å². The summed E-state index contributed by atoms with van der Waals surface area (Å²) in [6, 6.07) is 6.12.